The molecule has 0 spiro atoms. The van der Waals surface area contributed by atoms with Crippen LogP contribution in [-0.2, 0) is 13.5 Å². The number of carbonyl (C=O) groups is 1. The van der Waals surface area contributed by atoms with Crippen LogP contribution in [0.1, 0.15) is 34.5 Å². The lowest BCUT2D eigenvalue weighted by Gasteiger charge is -2.32. The molecule has 0 aliphatic heterocycles. The van der Waals surface area contributed by atoms with Gasteiger partial charge in [-0.25, -0.2) is 4.98 Å². The molecular formula is C23H22N4O2S. The van der Waals surface area contributed by atoms with Crippen LogP contribution in [0.4, 0.5) is 0 Å². The van der Waals surface area contributed by atoms with Gasteiger partial charge in [-0.2, -0.15) is 5.10 Å². The first-order valence-electron chi connectivity index (χ1n) is 10.0. The van der Waals surface area contributed by atoms with Crippen LogP contribution in [0.15, 0.2) is 54.0 Å². The number of carbonyl (C=O) groups excluding carboxylic acids is 1. The highest BCUT2D eigenvalue weighted by Crippen LogP contribution is 2.28. The molecule has 5 rings (SSSR count). The molecule has 0 bridgehead atoms. The first-order chi connectivity index (χ1) is 14.6. The molecule has 2 N–H and O–H groups in total. The largest absolute Gasteiger partial charge is 0.391 e. The van der Waals surface area contributed by atoms with Crippen LogP contribution in [0.3, 0.4) is 0 Å². The number of rotatable bonds is 5. The highest BCUT2D eigenvalue weighted by molar-refractivity contribution is 7.17. The van der Waals surface area contributed by atoms with Crippen LogP contribution in [0.25, 0.3) is 21.5 Å². The number of amides is 1. The van der Waals surface area contributed by atoms with Crippen molar-refractivity contribution in [3.8, 4) is 11.3 Å². The SMILES string of the molecule is Cn1ccc(-c2ccc(Cc3cc(C(=O)N[C@@H]4CC[C@H]4O)nc4ccsc34)cc2)n1. The molecule has 1 saturated carbocycles. The second-order valence-corrected chi connectivity index (χ2v) is 8.69. The zero-order chi connectivity index (χ0) is 20.7. The summed E-state index contributed by atoms with van der Waals surface area (Å²) in [6, 6.07) is 14.0. The maximum absolute atomic E-state index is 12.7. The predicted molar refractivity (Wildman–Crippen MR) is 118 cm³/mol. The number of aromatic nitrogens is 3. The number of aliphatic hydroxyl groups is 1. The summed E-state index contributed by atoms with van der Waals surface area (Å²) >= 11 is 1.64. The van der Waals surface area contributed by atoms with E-state index in [2.05, 4.69) is 39.7 Å². The van der Waals surface area contributed by atoms with Gasteiger partial charge in [-0.1, -0.05) is 24.3 Å². The molecule has 4 aromatic rings. The van der Waals surface area contributed by atoms with E-state index in [4.69, 9.17) is 0 Å². The maximum atomic E-state index is 12.7. The van der Waals surface area contributed by atoms with Gasteiger partial charge in [-0.15, -0.1) is 11.3 Å². The summed E-state index contributed by atoms with van der Waals surface area (Å²) in [5.74, 6) is -0.224. The van der Waals surface area contributed by atoms with E-state index >= 15 is 0 Å². The molecule has 3 aromatic heterocycles. The van der Waals surface area contributed by atoms with Crippen LogP contribution in [0, 0.1) is 0 Å². The van der Waals surface area contributed by atoms with E-state index in [1.165, 1.54) is 0 Å². The zero-order valence-corrected chi connectivity index (χ0v) is 17.4. The summed E-state index contributed by atoms with van der Waals surface area (Å²) in [5, 5.41) is 19.1. The van der Waals surface area contributed by atoms with Gasteiger partial charge in [-0.05, 0) is 54.0 Å². The molecule has 1 aliphatic rings. The number of hydrogen-bond donors (Lipinski definition) is 2. The van der Waals surface area contributed by atoms with E-state index in [0.29, 0.717) is 12.1 Å². The molecule has 3 heterocycles. The number of pyridine rings is 1. The Kier molecular flexibility index (Phi) is 4.84. The molecule has 7 heteroatoms. The Hall–Kier alpha value is -3.03. The summed E-state index contributed by atoms with van der Waals surface area (Å²) in [7, 11) is 1.91. The summed E-state index contributed by atoms with van der Waals surface area (Å²) in [5.41, 5.74) is 5.51. The predicted octanol–water partition coefficient (Wildman–Crippen LogP) is 3.54. The van der Waals surface area contributed by atoms with E-state index in [9.17, 15) is 9.90 Å². The number of aryl methyl sites for hydroxylation is 1. The van der Waals surface area contributed by atoms with Gasteiger partial charge in [-0.3, -0.25) is 9.48 Å². The quantitative estimate of drug-likeness (QED) is 0.520. The fraction of sp³-hybridized carbons (Fsp3) is 0.261. The molecule has 0 saturated heterocycles. The van der Waals surface area contributed by atoms with Crippen LogP contribution in [0.2, 0.25) is 0 Å². The topological polar surface area (TPSA) is 80.0 Å². The van der Waals surface area contributed by atoms with Gasteiger partial charge in [0.15, 0.2) is 0 Å². The van der Waals surface area contributed by atoms with E-state index in [-0.39, 0.29) is 11.9 Å². The normalized spacial score (nSPS) is 18.3. The molecule has 1 fully saturated rings. The summed E-state index contributed by atoms with van der Waals surface area (Å²) in [4.78, 5) is 17.2. The Morgan fingerprint density at radius 1 is 1.23 bits per heavy atom. The minimum Gasteiger partial charge on any atom is -0.391 e. The third-order valence-electron chi connectivity index (χ3n) is 5.63. The van der Waals surface area contributed by atoms with Crippen LogP contribution in [-0.4, -0.2) is 37.9 Å². The highest BCUT2D eigenvalue weighted by Gasteiger charge is 2.30. The van der Waals surface area contributed by atoms with E-state index in [1.807, 2.05) is 36.8 Å². The number of thiophene rings is 1. The van der Waals surface area contributed by atoms with Crippen molar-refractivity contribution in [2.24, 2.45) is 7.05 Å². The average molecular weight is 419 g/mol. The van der Waals surface area contributed by atoms with Crippen molar-refractivity contribution in [1.82, 2.24) is 20.1 Å². The Balaban J connectivity index is 1.40. The third-order valence-corrected chi connectivity index (χ3v) is 6.61. The summed E-state index contributed by atoms with van der Waals surface area (Å²) in [6.07, 6.45) is 3.75. The van der Waals surface area contributed by atoms with Gasteiger partial charge in [0, 0.05) is 18.8 Å². The maximum Gasteiger partial charge on any atom is 0.270 e. The molecule has 0 unspecified atom stereocenters. The lowest BCUT2D eigenvalue weighted by molar-refractivity contribution is 0.0446. The minimum absolute atomic E-state index is 0.167. The standard InChI is InChI=1S/C23H22N4O2S/c1-27-10-8-17(26-27)15-4-2-14(3-5-15)12-16-13-20(24-19-9-11-30-22(16)19)23(29)25-18-6-7-21(18)28/h2-5,8-11,13,18,21,28H,6-7,12H2,1H3,(H,25,29)/t18-,21-/m1/s1. The Labute approximate surface area is 178 Å². The van der Waals surface area contributed by atoms with Crippen molar-refractivity contribution in [2.45, 2.75) is 31.4 Å². The molecule has 30 heavy (non-hydrogen) atoms. The first kappa shape index (κ1) is 19.0. The molecule has 1 amide bonds. The van der Waals surface area contributed by atoms with Crippen molar-refractivity contribution < 1.29 is 9.90 Å². The number of fused-ring (bicyclic) bond motifs is 1. The fourth-order valence-electron chi connectivity index (χ4n) is 3.75. The lowest BCUT2D eigenvalue weighted by Crippen LogP contribution is -2.50. The van der Waals surface area contributed by atoms with E-state index < -0.39 is 6.10 Å². The highest BCUT2D eigenvalue weighted by atomic mass is 32.1. The van der Waals surface area contributed by atoms with Crippen molar-refractivity contribution in [3.63, 3.8) is 0 Å². The number of benzene rings is 1. The first-order valence-corrected chi connectivity index (χ1v) is 10.9. The number of hydrogen-bond acceptors (Lipinski definition) is 5. The number of nitrogens with one attached hydrogen (secondary N) is 1. The van der Waals surface area contributed by atoms with Gasteiger partial charge in [0.25, 0.3) is 5.91 Å². The molecule has 1 aromatic carbocycles. The lowest BCUT2D eigenvalue weighted by atomic mass is 9.89. The second kappa shape index (κ2) is 7.66. The number of nitrogens with zero attached hydrogens (tertiary/aromatic N) is 3. The van der Waals surface area contributed by atoms with Gasteiger partial charge in [0.05, 0.1) is 28.1 Å². The van der Waals surface area contributed by atoms with E-state index in [0.717, 1.165) is 45.4 Å². The van der Waals surface area contributed by atoms with E-state index in [1.54, 1.807) is 16.0 Å². The summed E-state index contributed by atoms with van der Waals surface area (Å²) < 4.78 is 2.90. The Bertz CT molecular complexity index is 1210. The van der Waals surface area contributed by atoms with Gasteiger partial charge in [0.2, 0.25) is 0 Å². The average Bonchev–Trinajstić information content (AvgIpc) is 3.40. The smallest absolute Gasteiger partial charge is 0.270 e. The molecule has 2 atom stereocenters. The van der Waals surface area contributed by atoms with Crippen LogP contribution in [0.5, 0.6) is 0 Å². The van der Waals surface area contributed by atoms with Gasteiger partial charge >= 0.3 is 0 Å². The third kappa shape index (κ3) is 3.62. The Morgan fingerprint density at radius 3 is 2.73 bits per heavy atom. The molecule has 1 aliphatic carbocycles. The molecule has 152 valence electrons. The van der Waals surface area contributed by atoms with Crippen LogP contribution >= 0.6 is 11.3 Å². The van der Waals surface area contributed by atoms with Crippen molar-refractivity contribution >= 4 is 27.5 Å². The Morgan fingerprint density at radius 2 is 2.07 bits per heavy atom. The van der Waals surface area contributed by atoms with Crippen LogP contribution < -0.4 is 5.32 Å². The minimum atomic E-state index is -0.448. The van der Waals surface area contributed by atoms with Crippen molar-refractivity contribution in [1.29, 1.82) is 0 Å². The molecule has 6 nitrogen and oxygen atoms in total. The fourth-order valence-corrected chi connectivity index (χ4v) is 4.60. The molecule has 0 radical (unpaired) electrons. The zero-order valence-electron chi connectivity index (χ0n) is 16.6. The number of aliphatic hydroxyl groups excluding tert-OH is 1. The molecular weight excluding hydrogens is 396 g/mol. The van der Waals surface area contributed by atoms with Crippen molar-refractivity contribution in [3.05, 3.63) is 70.9 Å². The van der Waals surface area contributed by atoms with Gasteiger partial charge < -0.3 is 10.4 Å². The van der Waals surface area contributed by atoms with Crippen molar-refractivity contribution in [2.75, 3.05) is 0 Å². The summed E-state index contributed by atoms with van der Waals surface area (Å²) in [6.45, 7) is 0. The second-order valence-electron chi connectivity index (χ2n) is 7.77. The van der Waals surface area contributed by atoms with Gasteiger partial charge in [0.1, 0.15) is 5.69 Å². The monoisotopic (exact) mass is 418 g/mol.